The Morgan fingerprint density at radius 3 is 2.54 bits per heavy atom. The average molecular weight is 651 g/mol. The van der Waals surface area contributed by atoms with Gasteiger partial charge in [-0.15, -0.1) is 6.42 Å². The predicted octanol–water partition coefficient (Wildman–Crippen LogP) is 5.15. The van der Waals surface area contributed by atoms with Gasteiger partial charge in [-0.3, -0.25) is 0 Å². The maximum atomic E-state index is 16.9. The molecule has 5 heterocycles. The Hall–Kier alpha value is -4.04. The molecule has 0 amide bonds. The summed E-state index contributed by atoms with van der Waals surface area (Å²) in [6, 6.07) is 10.1. The van der Waals surface area contributed by atoms with E-state index in [1.807, 2.05) is 6.07 Å². The summed E-state index contributed by atoms with van der Waals surface area (Å²) in [4.78, 5) is 16.9. The number of terminal acetylenes is 1. The number of aromatic nitrogens is 2. The fraction of sp³-hybridized carbons (Fsp3) is 0.474. The molecule has 0 radical (unpaired) electrons. The minimum Gasteiger partial charge on any atom is -0.508 e. The zero-order chi connectivity index (χ0) is 32.8. The first-order valence-corrected chi connectivity index (χ1v) is 17.2. The number of piperazine rings is 1. The van der Waals surface area contributed by atoms with E-state index in [9.17, 15) is 9.50 Å². The monoisotopic (exact) mass is 650 g/mol. The summed E-state index contributed by atoms with van der Waals surface area (Å²) in [5.74, 6) is 1.85. The van der Waals surface area contributed by atoms with Gasteiger partial charge in [-0.05, 0) is 80.9 Å². The number of ether oxygens (including phenoxy) is 1. The van der Waals surface area contributed by atoms with Crippen molar-refractivity contribution in [3.05, 3.63) is 53.6 Å². The number of rotatable bonds is 7. The zero-order valence-corrected chi connectivity index (χ0v) is 27.2. The van der Waals surface area contributed by atoms with Gasteiger partial charge in [-0.2, -0.15) is 9.97 Å². The molecule has 1 spiro atoms. The number of aromatic hydroxyl groups is 1. The predicted molar refractivity (Wildman–Crippen MR) is 182 cm³/mol. The zero-order valence-electron chi connectivity index (χ0n) is 27.2. The van der Waals surface area contributed by atoms with Gasteiger partial charge < -0.3 is 29.9 Å². The van der Waals surface area contributed by atoms with Crippen LogP contribution >= 0.6 is 0 Å². The molecule has 1 aliphatic carbocycles. The van der Waals surface area contributed by atoms with Crippen molar-refractivity contribution >= 4 is 27.5 Å². The highest BCUT2D eigenvalue weighted by Crippen LogP contribution is 2.49. The molecule has 2 bridgehead atoms. The fourth-order valence-electron chi connectivity index (χ4n) is 9.12. The minimum absolute atomic E-state index is 0.0219. The Balaban J connectivity index is 1.09. The number of hydrogen-bond donors (Lipinski definition) is 2. The highest BCUT2D eigenvalue weighted by atomic mass is 19.1. The molecule has 248 valence electrons. The Morgan fingerprint density at radius 2 is 1.81 bits per heavy atom. The van der Waals surface area contributed by atoms with E-state index in [0.29, 0.717) is 51.6 Å². The number of likely N-dealkylation sites (tertiary alicyclic amines) is 2. The highest BCUT2D eigenvalue weighted by molar-refractivity contribution is 6.04. The molecule has 8 nitrogen and oxygen atoms in total. The van der Waals surface area contributed by atoms with E-state index in [1.165, 1.54) is 37.7 Å². The van der Waals surface area contributed by atoms with E-state index in [1.54, 1.807) is 12.1 Å². The minimum atomic E-state index is -0.591. The van der Waals surface area contributed by atoms with Crippen LogP contribution in [0.3, 0.4) is 0 Å². The van der Waals surface area contributed by atoms with Crippen LogP contribution in [0.2, 0.25) is 0 Å². The molecule has 5 fully saturated rings. The summed E-state index contributed by atoms with van der Waals surface area (Å²) >= 11 is 0. The first-order chi connectivity index (χ1) is 23.2. The molecule has 2 atom stereocenters. The topological polar surface area (TPSA) is 77.0 Å². The van der Waals surface area contributed by atoms with Crippen LogP contribution in [-0.4, -0.2) is 96.4 Å². The van der Waals surface area contributed by atoms with Crippen molar-refractivity contribution in [1.82, 2.24) is 25.1 Å². The summed E-state index contributed by atoms with van der Waals surface area (Å²) in [5, 5.41) is 15.7. The van der Waals surface area contributed by atoms with Crippen molar-refractivity contribution < 1.29 is 18.6 Å². The molecule has 2 N–H and O–H groups in total. The SMILES string of the molecule is C#Cc1c(F)ccc2cc(O)cc(-c3ccc4c(N5CC6CCC(C5)N6)nc(OCC5(CN6CCC7(CN(C)C7)C6)CC5)nc4c3F)c12. The third-order valence-corrected chi connectivity index (χ3v) is 11.5. The number of hydrogen-bond acceptors (Lipinski definition) is 8. The normalized spacial score (nSPS) is 24.3. The van der Waals surface area contributed by atoms with E-state index < -0.39 is 11.6 Å². The van der Waals surface area contributed by atoms with Crippen molar-refractivity contribution in [3.63, 3.8) is 0 Å². The number of nitrogens with zero attached hydrogens (tertiary/aromatic N) is 5. The highest BCUT2D eigenvalue weighted by Gasteiger charge is 2.50. The second-order valence-corrected chi connectivity index (χ2v) is 15.3. The molecular weight excluding hydrogens is 610 g/mol. The standard InChI is InChI=1S/C38H40F2N6O2/c1-3-27-31(39)9-4-23-14-26(47)15-30(32(23)27)28-7-8-29-34(33(28)40)42-36(43-35(29)46-16-24-5-6-25(17-46)41-24)48-22-37(10-11-37)20-45-13-12-38(21-45)18-44(2)19-38/h1,4,7-9,14-15,24-25,41,47H,5-6,10-13,16-22H2,2H3. The number of phenolic OH excluding ortho intramolecular Hbond substituents is 1. The maximum Gasteiger partial charge on any atom is 0.319 e. The lowest BCUT2D eigenvalue weighted by Crippen LogP contribution is -2.55. The summed E-state index contributed by atoms with van der Waals surface area (Å²) in [6.07, 6.45) is 11.4. The lowest BCUT2D eigenvalue weighted by molar-refractivity contribution is 0.0278. The fourth-order valence-corrected chi connectivity index (χ4v) is 9.12. The smallest absolute Gasteiger partial charge is 0.319 e. The molecule has 4 aromatic rings. The Morgan fingerprint density at radius 1 is 1.02 bits per heavy atom. The summed E-state index contributed by atoms with van der Waals surface area (Å²) in [7, 11) is 2.19. The molecule has 4 aliphatic heterocycles. The Bertz CT molecular complexity index is 1990. The number of halogens is 2. The van der Waals surface area contributed by atoms with Crippen LogP contribution in [0.1, 0.15) is 37.7 Å². The van der Waals surface area contributed by atoms with E-state index in [0.717, 1.165) is 58.4 Å². The summed E-state index contributed by atoms with van der Waals surface area (Å²) in [6.45, 7) is 7.64. The van der Waals surface area contributed by atoms with Gasteiger partial charge in [0.05, 0.1) is 12.2 Å². The second-order valence-electron chi connectivity index (χ2n) is 15.3. The van der Waals surface area contributed by atoms with Gasteiger partial charge in [-0.25, -0.2) is 8.78 Å². The van der Waals surface area contributed by atoms with Crippen molar-refractivity contribution in [2.75, 3.05) is 64.4 Å². The van der Waals surface area contributed by atoms with Gasteiger partial charge in [0.1, 0.15) is 22.9 Å². The van der Waals surface area contributed by atoms with Crippen molar-refractivity contribution in [2.24, 2.45) is 10.8 Å². The van der Waals surface area contributed by atoms with Crippen LogP contribution in [0, 0.1) is 34.8 Å². The largest absolute Gasteiger partial charge is 0.508 e. The molecule has 48 heavy (non-hydrogen) atoms. The molecule has 3 aromatic carbocycles. The quantitative estimate of drug-likeness (QED) is 0.266. The second kappa shape index (κ2) is 11.0. The van der Waals surface area contributed by atoms with E-state index in [2.05, 4.69) is 33.0 Å². The van der Waals surface area contributed by atoms with Crippen LogP contribution < -0.4 is 15.0 Å². The molecular formula is C38H40F2N6O2. The number of phenols is 1. The number of nitrogens with one attached hydrogen (secondary N) is 1. The molecule has 1 aromatic heterocycles. The third-order valence-electron chi connectivity index (χ3n) is 11.5. The van der Waals surface area contributed by atoms with Crippen LogP contribution in [0.5, 0.6) is 11.8 Å². The maximum absolute atomic E-state index is 16.9. The van der Waals surface area contributed by atoms with E-state index in [4.69, 9.17) is 21.1 Å². The molecule has 1 saturated carbocycles. The van der Waals surface area contributed by atoms with Crippen LogP contribution in [0.4, 0.5) is 14.6 Å². The van der Waals surface area contributed by atoms with Crippen molar-refractivity contribution in [2.45, 2.75) is 44.2 Å². The van der Waals surface area contributed by atoms with E-state index >= 15 is 4.39 Å². The molecule has 5 aliphatic rings. The van der Waals surface area contributed by atoms with Crippen LogP contribution in [0.15, 0.2) is 36.4 Å². The first-order valence-electron chi connectivity index (χ1n) is 17.2. The van der Waals surface area contributed by atoms with Gasteiger partial charge in [0.25, 0.3) is 0 Å². The number of fused-ring (bicyclic) bond motifs is 4. The van der Waals surface area contributed by atoms with Crippen LogP contribution in [-0.2, 0) is 0 Å². The van der Waals surface area contributed by atoms with Gasteiger partial charge >= 0.3 is 6.01 Å². The van der Waals surface area contributed by atoms with Gasteiger partial charge in [0, 0.05) is 78.5 Å². The van der Waals surface area contributed by atoms with Crippen molar-refractivity contribution in [3.8, 4) is 35.2 Å². The van der Waals surface area contributed by atoms with Gasteiger partial charge in [0.15, 0.2) is 5.82 Å². The first kappa shape index (κ1) is 30.1. The molecule has 10 heteroatoms. The Kier molecular flexibility index (Phi) is 6.88. The average Bonchev–Trinajstić information content (AvgIpc) is 3.57. The summed E-state index contributed by atoms with van der Waals surface area (Å²) < 4.78 is 38.2. The van der Waals surface area contributed by atoms with E-state index in [-0.39, 0.29) is 33.8 Å². The van der Waals surface area contributed by atoms with Crippen molar-refractivity contribution in [1.29, 1.82) is 0 Å². The summed E-state index contributed by atoms with van der Waals surface area (Å²) in [5.41, 5.74) is 1.14. The lowest BCUT2D eigenvalue weighted by Gasteiger charge is -2.46. The molecule has 2 unspecified atom stereocenters. The Labute approximate surface area is 279 Å². The third kappa shape index (κ3) is 5.06. The molecule has 4 saturated heterocycles. The van der Waals surface area contributed by atoms with Gasteiger partial charge in [-0.1, -0.05) is 18.1 Å². The lowest BCUT2D eigenvalue weighted by atomic mass is 9.79. The number of anilines is 1. The number of benzene rings is 3. The van der Waals surface area contributed by atoms with Gasteiger partial charge in [0.2, 0.25) is 0 Å². The van der Waals surface area contributed by atoms with Crippen LogP contribution in [0.25, 0.3) is 32.8 Å². The molecule has 9 rings (SSSR count).